The lowest BCUT2D eigenvalue weighted by Gasteiger charge is -2.19. The maximum atomic E-state index is 12.1. The molecule has 0 radical (unpaired) electrons. The molecular formula is C11H15BrO2S. The van der Waals surface area contributed by atoms with Gasteiger partial charge in [0.25, 0.3) is 0 Å². The summed E-state index contributed by atoms with van der Waals surface area (Å²) in [4.78, 5) is 12.1. The van der Waals surface area contributed by atoms with Crippen molar-refractivity contribution in [3.8, 4) is 0 Å². The van der Waals surface area contributed by atoms with E-state index < -0.39 is 0 Å². The van der Waals surface area contributed by atoms with Crippen molar-refractivity contribution in [3.63, 3.8) is 0 Å². The lowest BCUT2D eigenvalue weighted by atomic mass is 9.99. The van der Waals surface area contributed by atoms with Crippen LogP contribution in [-0.4, -0.2) is 18.5 Å². The van der Waals surface area contributed by atoms with Crippen LogP contribution in [0.5, 0.6) is 0 Å². The summed E-state index contributed by atoms with van der Waals surface area (Å²) in [7, 11) is 0. The van der Waals surface area contributed by atoms with Crippen molar-refractivity contribution in [2.24, 2.45) is 5.92 Å². The normalized spacial score (nSPS) is 13.1. The Kier molecular flexibility index (Phi) is 4.96. The molecule has 0 saturated carbocycles. The summed E-state index contributed by atoms with van der Waals surface area (Å²) in [6, 6.07) is 0. The molecule has 15 heavy (non-hydrogen) atoms. The SMILES string of the molecule is CCOC(C(=O)c1cscc1Br)C(C)C. The van der Waals surface area contributed by atoms with Gasteiger partial charge in [-0.1, -0.05) is 13.8 Å². The number of carbonyl (C=O) groups is 1. The van der Waals surface area contributed by atoms with Crippen molar-refractivity contribution in [3.05, 3.63) is 20.8 Å². The van der Waals surface area contributed by atoms with E-state index in [0.717, 1.165) is 10.0 Å². The van der Waals surface area contributed by atoms with Gasteiger partial charge in [0.15, 0.2) is 5.78 Å². The molecule has 1 aromatic heterocycles. The van der Waals surface area contributed by atoms with Crippen LogP contribution in [0.2, 0.25) is 0 Å². The van der Waals surface area contributed by atoms with Crippen LogP contribution in [0.1, 0.15) is 31.1 Å². The molecule has 1 rings (SSSR count). The Labute approximate surface area is 103 Å². The van der Waals surface area contributed by atoms with Crippen molar-refractivity contribution in [2.75, 3.05) is 6.61 Å². The zero-order chi connectivity index (χ0) is 11.4. The van der Waals surface area contributed by atoms with E-state index in [9.17, 15) is 4.79 Å². The predicted octanol–water partition coefficient (Wildman–Crippen LogP) is 3.75. The lowest BCUT2D eigenvalue weighted by Crippen LogP contribution is -2.29. The summed E-state index contributed by atoms with van der Waals surface area (Å²) in [5.41, 5.74) is 0.729. The van der Waals surface area contributed by atoms with Gasteiger partial charge >= 0.3 is 0 Å². The van der Waals surface area contributed by atoms with Crippen LogP contribution >= 0.6 is 27.3 Å². The highest BCUT2D eigenvalue weighted by Gasteiger charge is 2.25. The first-order valence-corrected chi connectivity index (χ1v) is 6.69. The quantitative estimate of drug-likeness (QED) is 0.772. The summed E-state index contributed by atoms with van der Waals surface area (Å²) < 4.78 is 6.34. The van der Waals surface area contributed by atoms with E-state index >= 15 is 0 Å². The topological polar surface area (TPSA) is 26.3 Å². The highest BCUT2D eigenvalue weighted by molar-refractivity contribution is 9.10. The number of thiophene rings is 1. The van der Waals surface area contributed by atoms with Crippen LogP contribution < -0.4 is 0 Å². The number of halogens is 1. The summed E-state index contributed by atoms with van der Waals surface area (Å²) in [6.07, 6.45) is -0.333. The van der Waals surface area contributed by atoms with Crippen molar-refractivity contribution in [1.82, 2.24) is 0 Å². The first-order valence-electron chi connectivity index (χ1n) is 4.95. The van der Waals surface area contributed by atoms with Gasteiger partial charge in [-0.05, 0) is 28.8 Å². The Morgan fingerprint density at radius 3 is 2.60 bits per heavy atom. The minimum Gasteiger partial charge on any atom is -0.370 e. The van der Waals surface area contributed by atoms with E-state index in [1.807, 2.05) is 31.5 Å². The third-order valence-corrected chi connectivity index (χ3v) is 3.79. The van der Waals surface area contributed by atoms with E-state index in [1.165, 1.54) is 11.3 Å². The van der Waals surface area contributed by atoms with Gasteiger partial charge in [-0.15, -0.1) is 0 Å². The molecule has 0 bridgehead atoms. The predicted molar refractivity (Wildman–Crippen MR) is 66.6 cm³/mol. The Bertz CT molecular complexity index is 333. The minimum absolute atomic E-state index is 0.0694. The molecule has 1 atom stereocenters. The third kappa shape index (κ3) is 3.13. The molecule has 0 aliphatic carbocycles. The smallest absolute Gasteiger partial charge is 0.193 e. The number of hydrogen-bond acceptors (Lipinski definition) is 3. The molecule has 0 amide bonds. The van der Waals surface area contributed by atoms with Gasteiger partial charge in [0.2, 0.25) is 0 Å². The van der Waals surface area contributed by atoms with E-state index in [2.05, 4.69) is 15.9 Å². The number of Topliss-reactive ketones (excluding diaryl/α,β-unsaturated/α-hetero) is 1. The van der Waals surface area contributed by atoms with Crippen LogP contribution in [0, 0.1) is 5.92 Å². The first-order chi connectivity index (χ1) is 7.07. The lowest BCUT2D eigenvalue weighted by molar-refractivity contribution is 0.0279. The van der Waals surface area contributed by atoms with Crippen molar-refractivity contribution in [2.45, 2.75) is 26.9 Å². The van der Waals surface area contributed by atoms with Gasteiger partial charge in [-0.2, -0.15) is 11.3 Å². The molecular weight excluding hydrogens is 276 g/mol. The molecule has 1 unspecified atom stereocenters. The summed E-state index contributed by atoms with van der Waals surface area (Å²) in [6.45, 7) is 6.47. The van der Waals surface area contributed by atoms with Crippen molar-refractivity contribution in [1.29, 1.82) is 0 Å². The Hall–Kier alpha value is -0.190. The molecule has 0 fully saturated rings. The maximum Gasteiger partial charge on any atom is 0.193 e. The number of ether oxygens (including phenoxy) is 1. The van der Waals surface area contributed by atoms with Crippen LogP contribution in [0.4, 0.5) is 0 Å². The van der Waals surface area contributed by atoms with Crippen LogP contribution in [-0.2, 0) is 4.74 Å². The van der Waals surface area contributed by atoms with Gasteiger partial charge < -0.3 is 4.74 Å². The second-order valence-electron chi connectivity index (χ2n) is 3.62. The highest BCUT2D eigenvalue weighted by Crippen LogP contribution is 2.25. The number of ketones is 1. The number of carbonyl (C=O) groups excluding carboxylic acids is 1. The second-order valence-corrected chi connectivity index (χ2v) is 5.22. The summed E-state index contributed by atoms with van der Waals surface area (Å²) in [5, 5.41) is 3.78. The summed E-state index contributed by atoms with van der Waals surface area (Å²) in [5.74, 6) is 0.268. The van der Waals surface area contributed by atoms with E-state index in [0.29, 0.717) is 6.61 Å². The fraction of sp³-hybridized carbons (Fsp3) is 0.545. The molecule has 4 heteroatoms. The molecule has 0 spiro atoms. The van der Waals surface area contributed by atoms with Crippen molar-refractivity contribution < 1.29 is 9.53 Å². The van der Waals surface area contributed by atoms with Crippen LogP contribution in [0.25, 0.3) is 0 Å². The largest absolute Gasteiger partial charge is 0.370 e. The minimum atomic E-state index is -0.333. The maximum absolute atomic E-state index is 12.1. The van der Waals surface area contributed by atoms with E-state index in [4.69, 9.17) is 4.74 Å². The van der Waals surface area contributed by atoms with Crippen LogP contribution in [0.3, 0.4) is 0 Å². The first kappa shape index (κ1) is 12.9. The summed E-state index contributed by atoms with van der Waals surface area (Å²) >= 11 is 4.89. The van der Waals surface area contributed by atoms with Crippen LogP contribution in [0.15, 0.2) is 15.2 Å². The standard InChI is InChI=1S/C11H15BrO2S/c1-4-14-11(7(2)3)10(13)8-5-15-6-9(8)12/h5-7,11H,4H2,1-3H3. The Morgan fingerprint density at radius 2 is 2.20 bits per heavy atom. The van der Waals surface area contributed by atoms with Crippen molar-refractivity contribution >= 4 is 33.0 Å². The van der Waals surface area contributed by atoms with Gasteiger partial charge in [0.05, 0.1) is 0 Å². The molecule has 84 valence electrons. The van der Waals surface area contributed by atoms with E-state index in [1.54, 1.807) is 0 Å². The number of rotatable bonds is 5. The highest BCUT2D eigenvalue weighted by atomic mass is 79.9. The monoisotopic (exact) mass is 290 g/mol. The molecule has 0 aliphatic heterocycles. The second kappa shape index (κ2) is 5.77. The van der Waals surface area contributed by atoms with Gasteiger partial charge in [-0.25, -0.2) is 0 Å². The molecule has 0 aromatic carbocycles. The fourth-order valence-corrected chi connectivity index (χ4v) is 2.84. The molecule has 0 aliphatic rings. The molecule has 2 nitrogen and oxygen atoms in total. The van der Waals surface area contributed by atoms with Gasteiger partial charge in [-0.3, -0.25) is 4.79 Å². The Morgan fingerprint density at radius 1 is 1.53 bits per heavy atom. The molecule has 0 N–H and O–H groups in total. The van der Waals surface area contributed by atoms with E-state index in [-0.39, 0.29) is 17.8 Å². The van der Waals surface area contributed by atoms with Gasteiger partial charge in [0.1, 0.15) is 6.10 Å². The third-order valence-electron chi connectivity index (χ3n) is 2.09. The Balaban J connectivity index is 2.86. The average Bonchev–Trinajstić information content (AvgIpc) is 2.59. The zero-order valence-electron chi connectivity index (χ0n) is 9.12. The molecule has 1 heterocycles. The molecule has 1 aromatic rings. The number of hydrogen-bond donors (Lipinski definition) is 0. The fourth-order valence-electron chi connectivity index (χ4n) is 1.36. The zero-order valence-corrected chi connectivity index (χ0v) is 11.5. The average molecular weight is 291 g/mol. The van der Waals surface area contributed by atoms with Gasteiger partial charge in [0, 0.05) is 27.4 Å². The molecule has 0 saturated heterocycles.